The lowest BCUT2D eigenvalue weighted by Crippen LogP contribution is -1.96. The Bertz CT molecular complexity index is 876. The van der Waals surface area contributed by atoms with Gasteiger partial charge in [0.2, 0.25) is 0 Å². The van der Waals surface area contributed by atoms with Crippen LogP contribution in [0.15, 0.2) is 36.4 Å². The van der Waals surface area contributed by atoms with Gasteiger partial charge in [0, 0.05) is 10.9 Å². The third-order valence-electron chi connectivity index (χ3n) is 3.56. The Morgan fingerprint density at radius 2 is 1.36 bits per heavy atom. The van der Waals surface area contributed by atoms with Gasteiger partial charge in [-0.25, -0.2) is 22.0 Å². The molecule has 0 N–H and O–H groups in total. The fourth-order valence-electron chi connectivity index (χ4n) is 2.36. The first-order valence-corrected chi connectivity index (χ1v) is 6.41. The highest BCUT2D eigenvalue weighted by Gasteiger charge is 2.18. The molecule has 0 amide bonds. The molecule has 0 fully saturated rings. The van der Waals surface area contributed by atoms with E-state index in [2.05, 4.69) is 0 Å². The van der Waals surface area contributed by atoms with Gasteiger partial charge in [0.15, 0.2) is 0 Å². The minimum Gasteiger partial charge on any atom is -0.207 e. The quantitative estimate of drug-likeness (QED) is 0.520. The van der Waals surface area contributed by atoms with Crippen molar-refractivity contribution in [2.45, 2.75) is 6.92 Å². The van der Waals surface area contributed by atoms with Gasteiger partial charge in [0.05, 0.1) is 5.56 Å². The topological polar surface area (TPSA) is 0 Å². The zero-order valence-electron chi connectivity index (χ0n) is 11.4. The lowest BCUT2D eigenvalue weighted by Gasteiger charge is -2.10. The van der Waals surface area contributed by atoms with Crippen LogP contribution >= 0.6 is 0 Å². The molecular weight excluding hydrogens is 299 g/mol. The van der Waals surface area contributed by atoms with E-state index in [0.29, 0.717) is 0 Å². The van der Waals surface area contributed by atoms with Crippen LogP contribution in [-0.4, -0.2) is 0 Å². The molecule has 0 nitrogen and oxygen atoms in total. The van der Waals surface area contributed by atoms with Crippen molar-refractivity contribution < 1.29 is 22.0 Å². The molecule has 0 saturated carbocycles. The van der Waals surface area contributed by atoms with E-state index >= 15 is 0 Å². The van der Waals surface area contributed by atoms with Gasteiger partial charge >= 0.3 is 0 Å². The predicted octanol–water partition coefficient (Wildman–Crippen LogP) is 5.51. The number of benzene rings is 3. The van der Waals surface area contributed by atoms with Gasteiger partial charge in [0.1, 0.15) is 29.1 Å². The largest absolute Gasteiger partial charge is 0.207 e. The second-order valence-electron chi connectivity index (χ2n) is 4.98. The fourth-order valence-corrected chi connectivity index (χ4v) is 2.36. The highest BCUT2D eigenvalue weighted by molar-refractivity contribution is 5.88. The molecule has 0 bridgehead atoms. The van der Waals surface area contributed by atoms with Gasteiger partial charge in [-0.05, 0) is 54.3 Å². The van der Waals surface area contributed by atoms with Gasteiger partial charge in [-0.3, -0.25) is 0 Å². The molecule has 3 aromatic rings. The maximum Gasteiger partial charge on any atom is 0.141 e. The molecule has 5 heteroatoms. The van der Waals surface area contributed by atoms with Crippen molar-refractivity contribution in [2.75, 3.05) is 0 Å². The number of fused-ring (bicyclic) bond motifs is 1. The number of hydrogen-bond acceptors (Lipinski definition) is 0. The fraction of sp³-hybridized carbons (Fsp3) is 0.0588. The van der Waals surface area contributed by atoms with Crippen LogP contribution in [0.25, 0.3) is 21.9 Å². The van der Waals surface area contributed by atoms with E-state index in [0.717, 1.165) is 36.4 Å². The summed E-state index contributed by atoms with van der Waals surface area (Å²) < 4.78 is 69.0. The minimum absolute atomic E-state index is 0.0285. The summed E-state index contributed by atoms with van der Waals surface area (Å²) in [5.41, 5.74) is -1.02. The second-order valence-corrected chi connectivity index (χ2v) is 4.98. The van der Waals surface area contributed by atoms with Crippen LogP contribution in [0.1, 0.15) is 5.56 Å². The van der Waals surface area contributed by atoms with Gasteiger partial charge in [-0.15, -0.1) is 0 Å². The van der Waals surface area contributed by atoms with E-state index < -0.39 is 34.6 Å². The third-order valence-corrected chi connectivity index (χ3v) is 3.56. The molecule has 0 atom stereocenters. The van der Waals surface area contributed by atoms with Crippen LogP contribution in [0.4, 0.5) is 22.0 Å². The van der Waals surface area contributed by atoms with E-state index in [-0.39, 0.29) is 21.9 Å². The highest BCUT2D eigenvalue weighted by atomic mass is 19.1. The Morgan fingerprint density at radius 1 is 0.727 bits per heavy atom. The van der Waals surface area contributed by atoms with Crippen molar-refractivity contribution in [3.8, 4) is 11.1 Å². The van der Waals surface area contributed by atoms with E-state index in [1.54, 1.807) is 0 Å². The van der Waals surface area contributed by atoms with Crippen molar-refractivity contribution in [1.29, 1.82) is 0 Å². The Labute approximate surface area is 122 Å². The summed E-state index contributed by atoms with van der Waals surface area (Å²) in [6.07, 6.45) is 0. The molecule has 0 heterocycles. The lowest BCUT2D eigenvalue weighted by molar-refractivity contribution is 0.567. The lowest BCUT2D eigenvalue weighted by atomic mass is 9.98. The summed E-state index contributed by atoms with van der Waals surface area (Å²) in [4.78, 5) is 0. The molecule has 0 unspecified atom stereocenters. The monoisotopic (exact) mass is 308 g/mol. The second kappa shape index (κ2) is 5.09. The van der Waals surface area contributed by atoms with Crippen LogP contribution < -0.4 is 0 Å². The Balaban J connectivity index is 2.34. The van der Waals surface area contributed by atoms with Crippen LogP contribution in [0.3, 0.4) is 0 Å². The first kappa shape index (κ1) is 14.5. The Morgan fingerprint density at radius 3 is 2.00 bits per heavy atom. The molecule has 3 aromatic carbocycles. The molecule has 112 valence electrons. The summed E-state index contributed by atoms with van der Waals surface area (Å²) in [7, 11) is 0. The smallest absolute Gasteiger partial charge is 0.141 e. The van der Waals surface area contributed by atoms with Crippen molar-refractivity contribution in [3.05, 3.63) is 71.0 Å². The van der Waals surface area contributed by atoms with Gasteiger partial charge in [-0.1, -0.05) is 0 Å². The SMILES string of the molecule is Cc1c(F)cc(-c2c(F)cc3cc(F)ccc3c2F)cc1F. The maximum atomic E-state index is 14.5. The maximum absolute atomic E-state index is 14.5. The molecule has 3 rings (SSSR count). The van der Waals surface area contributed by atoms with Crippen LogP contribution in [0.5, 0.6) is 0 Å². The average molecular weight is 308 g/mol. The molecule has 0 aliphatic rings. The molecule has 0 spiro atoms. The van der Waals surface area contributed by atoms with Crippen molar-refractivity contribution >= 4 is 10.8 Å². The first-order chi connectivity index (χ1) is 10.4. The molecule has 0 aromatic heterocycles. The minimum atomic E-state index is -1.02. The van der Waals surface area contributed by atoms with E-state index in [1.165, 1.54) is 6.92 Å². The zero-order chi connectivity index (χ0) is 16.0. The van der Waals surface area contributed by atoms with Gasteiger partial charge < -0.3 is 0 Å². The first-order valence-electron chi connectivity index (χ1n) is 6.41. The number of hydrogen-bond donors (Lipinski definition) is 0. The number of rotatable bonds is 1. The van der Waals surface area contributed by atoms with Crippen molar-refractivity contribution in [2.24, 2.45) is 0 Å². The van der Waals surface area contributed by atoms with Crippen LogP contribution in [-0.2, 0) is 0 Å². The molecule has 0 aliphatic heterocycles. The van der Waals surface area contributed by atoms with Gasteiger partial charge in [-0.2, -0.15) is 0 Å². The van der Waals surface area contributed by atoms with E-state index in [4.69, 9.17) is 0 Å². The Kier molecular flexibility index (Phi) is 3.35. The van der Waals surface area contributed by atoms with Crippen molar-refractivity contribution in [1.82, 2.24) is 0 Å². The summed E-state index contributed by atoms with van der Waals surface area (Å²) in [5, 5.41) is 0.00555. The van der Waals surface area contributed by atoms with Crippen LogP contribution in [0.2, 0.25) is 0 Å². The molecule has 0 radical (unpaired) electrons. The molecular formula is C17H9F5. The van der Waals surface area contributed by atoms with Crippen molar-refractivity contribution in [3.63, 3.8) is 0 Å². The summed E-state index contributed by atoms with van der Waals surface area (Å²) in [6.45, 7) is 1.23. The third kappa shape index (κ3) is 2.22. The van der Waals surface area contributed by atoms with Crippen LogP contribution in [0, 0.1) is 36.0 Å². The molecule has 0 saturated heterocycles. The summed E-state index contributed by atoms with van der Waals surface area (Å²) >= 11 is 0. The molecule has 0 aliphatic carbocycles. The average Bonchev–Trinajstić information content (AvgIpc) is 2.44. The zero-order valence-corrected chi connectivity index (χ0v) is 11.4. The van der Waals surface area contributed by atoms with Gasteiger partial charge in [0.25, 0.3) is 0 Å². The predicted molar refractivity (Wildman–Crippen MR) is 73.9 cm³/mol. The summed E-state index contributed by atoms with van der Waals surface area (Å²) in [6, 6.07) is 5.85. The normalized spacial score (nSPS) is 11.2. The Hall–Kier alpha value is -2.43. The van der Waals surface area contributed by atoms with E-state index in [1.807, 2.05) is 0 Å². The summed E-state index contributed by atoms with van der Waals surface area (Å²) in [5.74, 6) is -4.43. The number of halogens is 5. The highest BCUT2D eigenvalue weighted by Crippen LogP contribution is 2.33. The molecule has 22 heavy (non-hydrogen) atoms. The van der Waals surface area contributed by atoms with E-state index in [9.17, 15) is 22.0 Å². The standard InChI is InChI=1S/C17H9F5/c1-8-13(19)6-10(7-14(8)20)16-15(21)5-9-4-11(18)2-3-12(9)17(16)22/h2-7H,1H3.